The minimum atomic E-state index is -3.82. The van der Waals surface area contributed by atoms with Gasteiger partial charge in [-0.05, 0) is 28.1 Å². The number of nitrogen functional groups attached to an aromatic ring is 1. The van der Waals surface area contributed by atoms with E-state index in [0.29, 0.717) is 15.4 Å². The number of nitrogens with zero attached hydrogens (tertiary/aromatic N) is 1. The average Bonchev–Trinajstić information content (AvgIpc) is 2.44. The van der Waals surface area contributed by atoms with Crippen molar-refractivity contribution in [1.82, 2.24) is 5.16 Å². The summed E-state index contributed by atoms with van der Waals surface area (Å²) in [5, 5.41) is 3.92. The van der Waals surface area contributed by atoms with Gasteiger partial charge in [-0.1, -0.05) is 5.16 Å². The second-order valence-electron chi connectivity index (χ2n) is 2.78. The Bertz CT molecular complexity index is 637. The Balaban J connectivity index is 2.88. The summed E-state index contributed by atoms with van der Waals surface area (Å²) in [5.74, 6) is 0.124. The van der Waals surface area contributed by atoms with Crippen molar-refractivity contribution in [3.8, 4) is 0 Å². The molecule has 1 aromatic heterocycles. The van der Waals surface area contributed by atoms with Gasteiger partial charge in [0.15, 0.2) is 11.4 Å². The van der Waals surface area contributed by atoms with Crippen LogP contribution in [0.4, 0.5) is 5.82 Å². The Morgan fingerprint density at radius 1 is 1.47 bits per heavy atom. The first-order valence-electron chi connectivity index (χ1n) is 3.68. The number of hydrogen-bond donors (Lipinski definition) is 1. The fourth-order valence-corrected chi connectivity index (χ4v) is 3.32. The van der Waals surface area contributed by atoms with Crippen LogP contribution in [-0.2, 0) is 9.05 Å². The standard InChI is InChI=1S/C7H4BrClN2O3S/c8-4-2-5-3(7(10)11-14-5)1-6(4)15(9,12)13/h1-2H,(H2,10,11). The largest absolute Gasteiger partial charge is 0.380 e. The van der Waals surface area contributed by atoms with Crippen molar-refractivity contribution in [3.63, 3.8) is 0 Å². The SMILES string of the molecule is Nc1noc2cc(Br)c(S(=O)(=O)Cl)cc12. The molecule has 0 amide bonds. The van der Waals surface area contributed by atoms with Crippen LogP contribution in [-0.4, -0.2) is 13.6 Å². The summed E-state index contributed by atoms with van der Waals surface area (Å²) in [4.78, 5) is -0.0634. The van der Waals surface area contributed by atoms with Gasteiger partial charge in [0, 0.05) is 15.2 Å². The molecule has 2 N–H and O–H groups in total. The van der Waals surface area contributed by atoms with Gasteiger partial charge in [0.25, 0.3) is 9.05 Å². The molecule has 2 rings (SSSR count). The first-order chi connectivity index (χ1) is 6.89. The topological polar surface area (TPSA) is 86.2 Å². The van der Waals surface area contributed by atoms with E-state index in [0.717, 1.165) is 0 Å². The maximum absolute atomic E-state index is 11.2. The van der Waals surface area contributed by atoms with Gasteiger partial charge in [0.1, 0.15) is 0 Å². The minimum Gasteiger partial charge on any atom is -0.380 e. The molecule has 0 fully saturated rings. The van der Waals surface area contributed by atoms with Crippen LogP contribution >= 0.6 is 26.6 Å². The van der Waals surface area contributed by atoms with Gasteiger partial charge in [-0.2, -0.15) is 0 Å². The molecule has 0 bridgehead atoms. The van der Waals surface area contributed by atoms with E-state index in [9.17, 15) is 8.42 Å². The summed E-state index contributed by atoms with van der Waals surface area (Å²) in [6, 6.07) is 2.77. The van der Waals surface area contributed by atoms with Gasteiger partial charge < -0.3 is 10.3 Å². The molecule has 0 aliphatic heterocycles. The minimum absolute atomic E-state index is 0.0634. The molecular weight excluding hydrogens is 308 g/mol. The van der Waals surface area contributed by atoms with Crippen LogP contribution in [0.25, 0.3) is 11.0 Å². The molecule has 0 atom stereocenters. The maximum Gasteiger partial charge on any atom is 0.262 e. The third-order valence-corrected chi connectivity index (χ3v) is 4.10. The van der Waals surface area contributed by atoms with Gasteiger partial charge in [0.2, 0.25) is 0 Å². The molecule has 0 saturated heterocycles. The number of fused-ring (bicyclic) bond motifs is 1. The van der Waals surface area contributed by atoms with E-state index in [2.05, 4.69) is 21.1 Å². The van der Waals surface area contributed by atoms with Crippen molar-refractivity contribution in [1.29, 1.82) is 0 Å². The van der Waals surface area contributed by atoms with Crippen molar-refractivity contribution in [2.75, 3.05) is 5.73 Å². The number of nitrogens with two attached hydrogens (primary N) is 1. The number of rotatable bonds is 1. The molecule has 1 heterocycles. The van der Waals surface area contributed by atoms with Crippen molar-refractivity contribution in [3.05, 3.63) is 16.6 Å². The van der Waals surface area contributed by atoms with Crippen LogP contribution in [0.15, 0.2) is 26.0 Å². The van der Waals surface area contributed by atoms with Gasteiger partial charge in [-0.25, -0.2) is 8.42 Å². The zero-order chi connectivity index (χ0) is 11.2. The molecule has 0 saturated carbocycles. The quantitative estimate of drug-likeness (QED) is 0.815. The summed E-state index contributed by atoms with van der Waals surface area (Å²) >= 11 is 3.07. The summed E-state index contributed by atoms with van der Waals surface area (Å²) < 4.78 is 27.5. The number of benzene rings is 1. The maximum atomic E-state index is 11.2. The van der Waals surface area contributed by atoms with E-state index in [1.54, 1.807) is 0 Å². The Hall–Kier alpha value is -0.790. The summed E-state index contributed by atoms with van der Waals surface area (Å²) in [7, 11) is 1.41. The molecule has 1 aromatic carbocycles. The lowest BCUT2D eigenvalue weighted by molar-refractivity contribution is 0.460. The number of anilines is 1. The van der Waals surface area contributed by atoms with E-state index in [4.69, 9.17) is 20.9 Å². The fraction of sp³-hybridized carbons (Fsp3) is 0. The van der Waals surface area contributed by atoms with Crippen LogP contribution in [0.5, 0.6) is 0 Å². The second kappa shape index (κ2) is 3.36. The molecule has 0 radical (unpaired) electrons. The molecule has 80 valence electrons. The fourth-order valence-electron chi connectivity index (χ4n) is 1.15. The van der Waals surface area contributed by atoms with Crippen LogP contribution in [0, 0.1) is 0 Å². The number of hydrogen-bond acceptors (Lipinski definition) is 5. The highest BCUT2D eigenvalue weighted by Crippen LogP contribution is 2.32. The lowest BCUT2D eigenvalue weighted by Crippen LogP contribution is -1.92. The second-order valence-corrected chi connectivity index (χ2v) is 6.17. The Labute approximate surface area is 97.7 Å². The first kappa shape index (κ1) is 10.7. The van der Waals surface area contributed by atoms with Gasteiger partial charge in [-0.15, -0.1) is 0 Å². The van der Waals surface area contributed by atoms with Crippen LogP contribution in [0.3, 0.4) is 0 Å². The molecule has 5 nitrogen and oxygen atoms in total. The number of aromatic nitrogens is 1. The van der Waals surface area contributed by atoms with Crippen LogP contribution in [0.2, 0.25) is 0 Å². The highest BCUT2D eigenvalue weighted by molar-refractivity contribution is 9.10. The Morgan fingerprint density at radius 2 is 2.13 bits per heavy atom. The highest BCUT2D eigenvalue weighted by Gasteiger charge is 2.18. The van der Waals surface area contributed by atoms with Crippen molar-refractivity contribution in [2.24, 2.45) is 0 Å². The van der Waals surface area contributed by atoms with E-state index >= 15 is 0 Å². The van der Waals surface area contributed by atoms with E-state index in [1.165, 1.54) is 12.1 Å². The van der Waals surface area contributed by atoms with E-state index < -0.39 is 9.05 Å². The summed E-state index contributed by atoms with van der Waals surface area (Å²) in [5.41, 5.74) is 5.87. The van der Waals surface area contributed by atoms with E-state index in [-0.39, 0.29) is 10.7 Å². The third-order valence-electron chi connectivity index (χ3n) is 1.82. The predicted molar refractivity (Wildman–Crippen MR) is 59.2 cm³/mol. The highest BCUT2D eigenvalue weighted by atomic mass is 79.9. The normalized spacial score (nSPS) is 12.1. The Kier molecular flexibility index (Phi) is 2.40. The van der Waals surface area contributed by atoms with Crippen molar-refractivity contribution >= 4 is 52.5 Å². The predicted octanol–water partition coefficient (Wildman–Crippen LogP) is 2.10. The molecule has 0 aliphatic carbocycles. The van der Waals surface area contributed by atoms with Crippen molar-refractivity contribution < 1.29 is 12.9 Å². The molecule has 2 aromatic rings. The smallest absolute Gasteiger partial charge is 0.262 e. The van der Waals surface area contributed by atoms with Crippen LogP contribution < -0.4 is 5.73 Å². The van der Waals surface area contributed by atoms with Gasteiger partial charge in [0.05, 0.1) is 10.3 Å². The zero-order valence-electron chi connectivity index (χ0n) is 7.07. The molecule has 15 heavy (non-hydrogen) atoms. The molecule has 0 spiro atoms. The van der Waals surface area contributed by atoms with Gasteiger partial charge in [-0.3, -0.25) is 0 Å². The monoisotopic (exact) mass is 310 g/mol. The lowest BCUT2D eigenvalue weighted by atomic mass is 10.2. The first-order valence-corrected chi connectivity index (χ1v) is 6.79. The van der Waals surface area contributed by atoms with Crippen molar-refractivity contribution in [2.45, 2.75) is 4.90 Å². The lowest BCUT2D eigenvalue weighted by Gasteiger charge is -1.99. The summed E-state index contributed by atoms with van der Waals surface area (Å²) in [6.45, 7) is 0. The Morgan fingerprint density at radius 3 is 2.73 bits per heavy atom. The number of halogens is 2. The molecule has 0 unspecified atom stereocenters. The van der Waals surface area contributed by atoms with Crippen LogP contribution in [0.1, 0.15) is 0 Å². The molecule has 0 aliphatic rings. The van der Waals surface area contributed by atoms with E-state index in [1.807, 2.05) is 0 Å². The molecule has 8 heteroatoms. The van der Waals surface area contributed by atoms with Gasteiger partial charge >= 0.3 is 0 Å². The third kappa shape index (κ3) is 1.82. The zero-order valence-corrected chi connectivity index (χ0v) is 10.2. The molecular formula is C7H4BrClN2O3S. The summed E-state index contributed by atoms with van der Waals surface area (Å²) in [6.07, 6.45) is 0. The average molecular weight is 312 g/mol.